The third-order valence-corrected chi connectivity index (χ3v) is 5.72. The van der Waals surface area contributed by atoms with Gasteiger partial charge in [-0.15, -0.1) is 11.3 Å². The van der Waals surface area contributed by atoms with Crippen molar-refractivity contribution in [1.29, 1.82) is 0 Å². The van der Waals surface area contributed by atoms with Gasteiger partial charge in [0.15, 0.2) is 0 Å². The van der Waals surface area contributed by atoms with Crippen LogP contribution < -0.4 is 10.6 Å². The molecule has 1 fully saturated rings. The molecule has 2 aliphatic rings. The van der Waals surface area contributed by atoms with Crippen LogP contribution in [0.2, 0.25) is 0 Å². The number of carbonyl (C=O) groups excluding carboxylic acids is 2. The predicted molar refractivity (Wildman–Crippen MR) is 92.5 cm³/mol. The Morgan fingerprint density at radius 2 is 2.12 bits per heavy atom. The molecule has 6 nitrogen and oxygen atoms in total. The van der Waals surface area contributed by atoms with Gasteiger partial charge in [0.25, 0.3) is 5.91 Å². The molecule has 0 aromatic carbocycles. The monoisotopic (exact) mass is 352 g/mol. The van der Waals surface area contributed by atoms with Crippen molar-refractivity contribution >= 4 is 28.2 Å². The van der Waals surface area contributed by atoms with E-state index in [0.29, 0.717) is 43.4 Å². The number of thiophene rings is 1. The van der Waals surface area contributed by atoms with Gasteiger partial charge in [-0.3, -0.25) is 9.59 Å². The van der Waals surface area contributed by atoms with E-state index in [1.807, 2.05) is 0 Å². The average molecular weight is 352 g/mol. The molecule has 0 radical (unpaired) electrons. The van der Waals surface area contributed by atoms with E-state index in [1.54, 1.807) is 7.11 Å². The Bertz CT molecular complexity index is 608. The summed E-state index contributed by atoms with van der Waals surface area (Å²) < 4.78 is 10.5. The van der Waals surface area contributed by atoms with Crippen LogP contribution in [0.5, 0.6) is 0 Å². The molecule has 0 bridgehead atoms. The Morgan fingerprint density at radius 1 is 1.33 bits per heavy atom. The minimum absolute atomic E-state index is 0.0398. The molecule has 2 N–H and O–H groups in total. The fourth-order valence-electron chi connectivity index (χ4n) is 3.32. The van der Waals surface area contributed by atoms with Crippen LogP contribution in [0, 0.1) is 5.92 Å². The second-order valence-corrected chi connectivity index (χ2v) is 7.34. The molecule has 1 aromatic heterocycles. The molecule has 24 heavy (non-hydrogen) atoms. The summed E-state index contributed by atoms with van der Waals surface area (Å²) in [6.07, 6.45) is 4.80. The van der Waals surface area contributed by atoms with Gasteiger partial charge in [-0.2, -0.15) is 0 Å². The fourth-order valence-corrected chi connectivity index (χ4v) is 4.50. The van der Waals surface area contributed by atoms with E-state index in [1.165, 1.54) is 11.3 Å². The van der Waals surface area contributed by atoms with Crippen molar-refractivity contribution in [2.45, 2.75) is 38.7 Å². The number of methoxy groups -OCH3 is 1. The lowest BCUT2D eigenvalue weighted by atomic mass is 10.0. The highest BCUT2D eigenvalue weighted by Crippen LogP contribution is 2.37. The summed E-state index contributed by atoms with van der Waals surface area (Å²) in [5, 5.41) is 6.55. The lowest BCUT2D eigenvalue weighted by Crippen LogP contribution is -2.29. The summed E-state index contributed by atoms with van der Waals surface area (Å²) in [6.45, 7) is 2.03. The van der Waals surface area contributed by atoms with E-state index in [-0.39, 0.29) is 17.7 Å². The van der Waals surface area contributed by atoms with Crippen molar-refractivity contribution < 1.29 is 19.1 Å². The third kappa shape index (κ3) is 3.79. The van der Waals surface area contributed by atoms with Crippen molar-refractivity contribution in [3.05, 3.63) is 16.0 Å². The summed E-state index contributed by atoms with van der Waals surface area (Å²) >= 11 is 1.47. The second-order valence-electron chi connectivity index (χ2n) is 6.23. The molecule has 0 atom stereocenters. The molecule has 1 aromatic rings. The van der Waals surface area contributed by atoms with E-state index in [4.69, 9.17) is 9.47 Å². The maximum atomic E-state index is 12.6. The van der Waals surface area contributed by atoms with Gasteiger partial charge in [-0.1, -0.05) is 12.8 Å². The Labute approximate surface area is 145 Å². The molecule has 0 unspecified atom stereocenters. The molecule has 1 aliphatic heterocycles. The zero-order valence-corrected chi connectivity index (χ0v) is 14.8. The fraction of sp³-hybridized carbons (Fsp3) is 0.647. The molecule has 0 saturated heterocycles. The smallest absolute Gasteiger partial charge is 0.254 e. The summed E-state index contributed by atoms with van der Waals surface area (Å²) in [5.41, 5.74) is 1.63. The maximum Gasteiger partial charge on any atom is 0.254 e. The first-order chi connectivity index (χ1) is 11.7. The Balaban J connectivity index is 1.80. The minimum atomic E-state index is -0.145. The molecule has 7 heteroatoms. The van der Waals surface area contributed by atoms with Crippen LogP contribution in [0.15, 0.2) is 0 Å². The molecule has 3 rings (SSSR count). The Hall–Kier alpha value is -1.44. The van der Waals surface area contributed by atoms with Gasteiger partial charge >= 0.3 is 0 Å². The highest BCUT2D eigenvalue weighted by atomic mass is 32.1. The van der Waals surface area contributed by atoms with E-state index in [0.717, 1.165) is 36.1 Å². The van der Waals surface area contributed by atoms with Gasteiger partial charge < -0.3 is 20.1 Å². The number of amides is 2. The van der Waals surface area contributed by atoms with Gasteiger partial charge in [0.1, 0.15) is 5.00 Å². The van der Waals surface area contributed by atoms with Gasteiger partial charge in [0.05, 0.1) is 25.4 Å². The average Bonchev–Trinajstić information content (AvgIpc) is 3.22. The van der Waals surface area contributed by atoms with Gasteiger partial charge in [-0.25, -0.2) is 0 Å². The first-order valence-electron chi connectivity index (χ1n) is 8.51. The zero-order chi connectivity index (χ0) is 16.9. The minimum Gasteiger partial charge on any atom is -0.383 e. The molecular formula is C17H24N2O4S. The highest BCUT2D eigenvalue weighted by Gasteiger charge is 2.29. The normalized spacial score (nSPS) is 17.5. The van der Waals surface area contributed by atoms with E-state index in [2.05, 4.69) is 10.6 Å². The third-order valence-electron chi connectivity index (χ3n) is 4.60. The summed E-state index contributed by atoms with van der Waals surface area (Å²) in [6, 6.07) is 0. The SMILES string of the molecule is COCCNC(=O)c1c(NC(=O)C2CCCC2)sc2c1CCOC2. The lowest BCUT2D eigenvalue weighted by Gasteiger charge is -2.14. The van der Waals surface area contributed by atoms with Crippen LogP contribution >= 0.6 is 11.3 Å². The van der Waals surface area contributed by atoms with Crippen LogP contribution in [0.3, 0.4) is 0 Å². The summed E-state index contributed by atoms with van der Waals surface area (Å²) in [7, 11) is 1.60. The van der Waals surface area contributed by atoms with Crippen molar-refractivity contribution in [2.75, 3.05) is 32.2 Å². The number of hydrogen-bond acceptors (Lipinski definition) is 5. The van der Waals surface area contributed by atoms with Crippen LogP contribution in [-0.4, -0.2) is 38.7 Å². The first-order valence-corrected chi connectivity index (χ1v) is 9.32. The van der Waals surface area contributed by atoms with Crippen LogP contribution in [-0.2, 0) is 27.3 Å². The standard InChI is InChI=1S/C17H24N2O4S/c1-22-9-7-18-16(21)14-12-6-8-23-10-13(12)24-17(14)19-15(20)11-4-2-3-5-11/h11H,2-10H2,1H3,(H,18,21)(H,19,20). The molecule has 1 saturated carbocycles. The van der Waals surface area contributed by atoms with E-state index in [9.17, 15) is 9.59 Å². The largest absolute Gasteiger partial charge is 0.383 e. The number of hydrogen-bond donors (Lipinski definition) is 2. The molecule has 0 spiro atoms. The molecule has 132 valence electrons. The lowest BCUT2D eigenvalue weighted by molar-refractivity contribution is -0.119. The number of anilines is 1. The number of carbonyl (C=O) groups is 2. The first kappa shape index (κ1) is 17.4. The maximum absolute atomic E-state index is 12.6. The highest BCUT2D eigenvalue weighted by molar-refractivity contribution is 7.17. The second kappa shape index (κ2) is 8.09. The van der Waals surface area contributed by atoms with Crippen LogP contribution in [0.4, 0.5) is 5.00 Å². The Morgan fingerprint density at radius 3 is 2.88 bits per heavy atom. The van der Waals surface area contributed by atoms with Gasteiger partial charge in [-0.05, 0) is 24.8 Å². The van der Waals surface area contributed by atoms with Crippen LogP contribution in [0.1, 0.15) is 46.5 Å². The van der Waals surface area contributed by atoms with E-state index >= 15 is 0 Å². The van der Waals surface area contributed by atoms with Crippen molar-refractivity contribution in [3.8, 4) is 0 Å². The van der Waals surface area contributed by atoms with Gasteiger partial charge in [0.2, 0.25) is 5.91 Å². The molecular weight excluding hydrogens is 328 g/mol. The summed E-state index contributed by atoms with van der Waals surface area (Å²) in [5.74, 6) is -0.0316. The van der Waals surface area contributed by atoms with Crippen molar-refractivity contribution in [2.24, 2.45) is 5.92 Å². The van der Waals surface area contributed by atoms with E-state index < -0.39 is 0 Å². The predicted octanol–water partition coefficient (Wildman–Crippen LogP) is 2.33. The quantitative estimate of drug-likeness (QED) is 0.771. The molecule has 2 heterocycles. The topological polar surface area (TPSA) is 76.7 Å². The number of ether oxygens (including phenoxy) is 2. The molecule has 2 amide bonds. The number of nitrogens with one attached hydrogen (secondary N) is 2. The summed E-state index contributed by atoms with van der Waals surface area (Å²) in [4.78, 5) is 26.1. The van der Waals surface area contributed by atoms with Crippen LogP contribution in [0.25, 0.3) is 0 Å². The van der Waals surface area contributed by atoms with Crippen molar-refractivity contribution in [3.63, 3.8) is 0 Å². The van der Waals surface area contributed by atoms with Gasteiger partial charge in [0, 0.05) is 24.4 Å². The molecule has 1 aliphatic carbocycles. The van der Waals surface area contributed by atoms with Crippen molar-refractivity contribution in [1.82, 2.24) is 5.32 Å². The number of fused-ring (bicyclic) bond motifs is 1. The zero-order valence-electron chi connectivity index (χ0n) is 14.0. The Kier molecular flexibility index (Phi) is 5.86. The number of rotatable bonds is 6.